The number of carbonyl (C=O) groups excluding carboxylic acids is 2. The van der Waals surface area contributed by atoms with E-state index in [-0.39, 0.29) is 29.3 Å². The lowest BCUT2D eigenvalue weighted by atomic mass is 9.85. The lowest BCUT2D eigenvalue weighted by Crippen LogP contribution is -2.22. The molecule has 0 spiro atoms. The summed E-state index contributed by atoms with van der Waals surface area (Å²) in [6.45, 7) is 4.33. The second kappa shape index (κ2) is 10.1. The summed E-state index contributed by atoms with van der Waals surface area (Å²) in [5.41, 5.74) is 2.04. The van der Waals surface area contributed by atoms with Crippen molar-refractivity contribution in [1.82, 2.24) is 24.7 Å². The molecule has 0 aliphatic heterocycles. The van der Waals surface area contributed by atoms with Crippen molar-refractivity contribution in [2.75, 3.05) is 11.1 Å². The Bertz CT molecular complexity index is 1370. The molecule has 3 aromatic heterocycles. The van der Waals surface area contributed by atoms with Gasteiger partial charge in [0.2, 0.25) is 11.9 Å². The molecule has 1 atom stereocenters. The summed E-state index contributed by atoms with van der Waals surface area (Å²) < 4.78 is 7.39. The Morgan fingerprint density at radius 3 is 2.83 bits per heavy atom. The fraction of sp³-hybridized carbons (Fsp3) is 0.200. The molecule has 5 rings (SSSR count). The normalized spacial score (nSPS) is 15.0. The molecule has 0 unspecified atom stereocenters. The van der Waals surface area contributed by atoms with E-state index < -0.39 is 0 Å². The van der Waals surface area contributed by atoms with Gasteiger partial charge >= 0.3 is 0 Å². The van der Waals surface area contributed by atoms with Crippen LogP contribution in [0.2, 0.25) is 0 Å². The third-order valence-corrected chi connectivity index (χ3v) is 6.60. The Kier molecular flexibility index (Phi) is 6.53. The van der Waals surface area contributed by atoms with Crippen LogP contribution >= 0.6 is 11.8 Å². The summed E-state index contributed by atoms with van der Waals surface area (Å²) in [6, 6.07) is 13.4. The van der Waals surface area contributed by atoms with E-state index in [1.54, 1.807) is 18.4 Å². The van der Waals surface area contributed by atoms with Crippen molar-refractivity contribution in [3.05, 3.63) is 84.6 Å². The van der Waals surface area contributed by atoms with E-state index in [0.717, 1.165) is 11.3 Å². The van der Waals surface area contributed by atoms with Crippen molar-refractivity contribution in [2.45, 2.75) is 30.5 Å². The molecular formula is C25H22N6O3S. The molecule has 0 bridgehead atoms. The first kappa shape index (κ1) is 22.7. The number of ketones is 1. The fourth-order valence-electron chi connectivity index (χ4n) is 4.01. The Balaban J connectivity index is 1.26. The molecule has 0 saturated heterocycles. The number of rotatable bonds is 8. The average Bonchev–Trinajstić information content (AvgIpc) is 3.54. The smallest absolute Gasteiger partial charge is 0.237 e. The lowest BCUT2D eigenvalue weighted by molar-refractivity contribution is -0.113. The molecule has 9 nitrogen and oxygen atoms in total. The molecule has 0 radical (unpaired) electrons. The standard InChI is InChI=1S/C25H22N6O3S/c1-2-10-31-23(16-7-4-3-5-8-16)29-30-25(31)35-15-22(33)28-24-26-14-18-19(27-24)12-17(13-20(18)32)21-9-6-11-34-21/h2-9,11,14,17H,1,10,12-13,15H2,(H,26,27,28,33)/t17-/m1/s1. The van der Waals surface area contributed by atoms with Gasteiger partial charge in [-0.3, -0.25) is 19.5 Å². The number of carbonyl (C=O) groups is 2. The monoisotopic (exact) mass is 486 g/mol. The summed E-state index contributed by atoms with van der Waals surface area (Å²) in [5.74, 6) is 1.34. The largest absolute Gasteiger partial charge is 0.469 e. The van der Waals surface area contributed by atoms with Gasteiger partial charge in [0.05, 0.1) is 23.3 Å². The predicted molar refractivity (Wildman–Crippen MR) is 131 cm³/mol. The van der Waals surface area contributed by atoms with Crippen LogP contribution in [0.3, 0.4) is 0 Å². The molecule has 4 aromatic rings. The number of aromatic nitrogens is 5. The van der Waals surface area contributed by atoms with Crippen LogP contribution in [0.15, 0.2) is 77.2 Å². The van der Waals surface area contributed by atoms with Gasteiger partial charge < -0.3 is 4.42 Å². The van der Waals surface area contributed by atoms with Gasteiger partial charge in [-0.05, 0) is 12.1 Å². The highest BCUT2D eigenvalue weighted by molar-refractivity contribution is 7.99. The van der Waals surface area contributed by atoms with Crippen LogP contribution < -0.4 is 5.32 Å². The van der Waals surface area contributed by atoms with Gasteiger partial charge in [-0.15, -0.1) is 16.8 Å². The number of amides is 1. The Labute approximate surface area is 205 Å². The fourth-order valence-corrected chi connectivity index (χ4v) is 4.76. The van der Waals surface area contributed by atoms with Crippen LogP contribution in [0.5, 0.6) is 0 Å². The molecule has 0 saturated carbocycles. The van der Waals surface area contributed by atoms with Crippen LogP contribution in [0.1, 0.15) is 34.2 Å². The molecule has 1 N–H and O–H groups in total. The first-order chi connectivity index (χ1) is 17.1. The number of allylic oxidation sites excluding steroid dienone is 1. The minimum Gasteiger partial charge on any atom is -0.469 e. The van der Waals surface area contributed by atoms with E-state index in [1.807, 2.05) is 41.0 Å². The third kappa shape index (κ3) is 4.92. The molecule has 1 aliphatic carbocycles. The minimum absolute atomic E-state index is 0.0307. The zero-order chi connectivity index (χ0) is 24.2. The van der Waals surface area contributed by atoms with E-state index in [4.69, 9.17) is 4.42 Å². The number of hydrogen-bond donors (Lipinski definition) is 1. The van der Waals surface area contributed by atoms with E-state index in [9.17, 15) is 9.59 Å². The van der Waals surface area contributed by atoms with Crippen LogP contribution in [0.4, 0.5) is 5.95 Å². The SMILES string of the molecule is C=CCn1c(SCC(=O)Nc2ncc3c(n2)C[C@@H](c2ccco2)CC3=O)nnc1-c1ccccc1. The molecule has 1 aliphatic rings. The zero-order valence-corrected chi connectivity index (χ0v) is 19.6. The van der Waals surface area contributed by atoms with Crippen LogP contribution in [0, 0.1) is 0 Å². The second-order valence-corrected chi connectivity index (χ2v) is 8.95. The molecule has 35 heavy (non-hydrogen) atoms. The quantitative estimate of drug-likeness (QED) is 0.292. The van der Waals surface area contributed by atoms with Crippen molar-refractivity contribution < 1.29 is 14.0 Å². The minimum atomic E-state index is -0.283. The van der Waals surface area contributed by atoms with Crippen LogP contribution in [0.25, 0.3) is 11.4 Å². The maximum absolute atomic E-state index is 12.6. The highest BCUT2D eigenvalue weighted by atomic mass is 32.2. The number of hydrogen-bond acceptors (Lipinski definition) is 8. The zero-order valence-electron chi connectivity index (χ0n) is 18.8. The van der Waals surface area contributed by atoms with Gasteiger partial charge in [-0.1, -0.05) is 48.2 Å². The van der Waals surface area contributed by atoms with Crippen LogP contribution in [-0.4, -0.2) is 42.2 Å². The first-order valence-corrected chi connectivity index (χ1v) is 12.1. The van der Waals surface area contributed by atoms with E-state index in [1.165, 1.54) is 18.0 Å². The van der Waals surface area contributed by atoms with Gasteiger partial charge in [0.25, 0.3) is 0 Å². The molecule has 3 heterocycles. The van der Waals surface area contributed by atoms with Gasteiger partial charge in [0.1, 0.15) is 5.76 Å². The number of nitrogens with zero attached hydrogens (tertiary/aromatic N) is 5. The number of nitrogens with one attached hydrogen (secondary N) is 1. The maximum Gasteiger partial charge on any atom is 0.237 e. The average molecular weight is 487 g/mol. The summed E-state index contributed by atoms with van der Waals surface area (Å²) in [4.78, 5) is 33.8. The number of furan rings is 1. The number of fused-ring (bicyclic) bond motifs is 1. The third-order valence-electron chi connectivity index (χ3n) is 5.63. The van der Waals surface area contributed by atoms with Gasteiger partial charge in [-0.25, -0.2) is 9.97 Å². The number of benzene rings is 1. The summed E-state index contributed by atoms with van der Waals surface area (Å²) >= 11 is 1.27. The number of anilines is 1. The second-order valence-electron chi connectivity index (χ2n) is 8.01. The molecule has 1 aromatic carbocycles. The Hall–Kier alpha value is -4.05. The molecule has 176 valence electrons. The van der Waals surface area contributed by atoms with Gasteiger partial charge in [-0.2, -0.15) is 0 Å². The predicted octanol–water partition coefficient (Wildman–Crippen LogP) is 4.16. The molecule has 0 fully saturated rings. The Morgan fingerprint density at radius 2 is 2.06 bits per heavy atom. The summed E-state index contributed by atoms with van der Waals surface area (Å²) in [6.07, 6.45) is 5.73. The summed E-state index contributed by atoms with van der Waals surface area (Å²) in [5, 5.41) is 11.9. The van der Waals surface area contributed by atoms with Crippen molar-refractivity contribution in [3.8, 4) is 11.4 Å². The van der Waals surface area contributed by atoms with Crippen molar-refractivity contribution in [3.63, 3.8) is 0 Å². The highest BCUT2D eigenvalue weighted by Gasteiger charge is 2.29. The number of Topliss-reactive ketones (excluding diaryl/α,β-unsaturated/α-hetero) is 1. The van der Waals surface area contributed by atoms with Crippen molar-refractivity contribution >= 4 is 29.4 Å². The van der Waals surface area contributed by atoms with Gasteiger partial charge in [0.15, 0.2) is 16.8 Å². The number of thioether (sulfide) groups is 1. The van der Waals surface area contributed by atoms with Gasteiger partial charge in [0, 0.05) is 37.1 Å². The van der Waals surface area contributed by atoms with Crippen molar-refractivity contribution in [1.29, 1.82) is 0 Å². The van der Waals surface area contributed by atoms with Crippen LogP contribution in [-0.2, 0) is 17.8 Å². The molecule has 10 heteroatoms. The summed E-state index contributed by atoms with van der Waals surface area (Å²) in [7, 11) is 0. The Morgan fingerprint density at radius 1 is 1.20 bits per heavy atom. The van der Waals surface area contributed by atoms with Crippen molar-refractivity contribution in [2.24, 2.45) is 0 Å². The maximum atomic E-state index is 12.6. The molecule has 1 amide bonds. The lowest BCUT2D eigenvalue weighted by Gasteiger charge is -2.21. The highest BCUT2D eigenvalue weighted by Crippen LogP contribution is 2.32. The first-order valence-electron chi connectivity index (χ1n) is 11.1. The van der Waals surface area contributed by atoms with E-state index >= 15 is 0 Å². The van der Waals surface area contributed by atoms with E-state index in [2.05, 4.69) is 32.1 Å². The topological polar surface area (TPSA) is 116 Å². The molecular weight excluding hydrogens is 464 g/mol. The van der Waals surface area contributed by atoms with E-state index in [0.29, 0.717) is 41.6 Å².